The molecule has 24 heteroatoms. The number of hydrogen-bond acceptors (Lipinski definition) is 14. The summed E-state index contributed by atoms with van der Waals surface area (Å²) in [6, 6.07) is 18.0. The molecule has 4 heterocycles. The number of methoxy groups -OCH3 is 1. The number of sulfonamides is 1. The van der Waals surface area contributed by atoms with Gasteiger partial charge in [0.1, 0.15) is 28.3 Å². The Morgan fingerprint density at radius 2 is 1.69 bits per heavy atom. The molecule has 0 radical (unpaired) electrons. The van der Waals surface area contributed by atoms with Gasteiger partial charge in [-0.25, -0.2) is 30.8 Å². The number of piperazine rings is 1. The van der Waals surface area contributed by atoms with E-state index >= 15 is 0 Å². The number of rotatable bonds is 16. The van der Waals surface area contributed by atoms with Crippen LogP contribution in [-0.2, 0) is 34.3 Å². The summed E-state index contributed by atoms with van der Waals surface area (Å²) in [5.41, 5.74) is -0.891. The van der Waals surface area contributed by atoms with E-state index in [4.69, 9.17) is 16.3 Å². The van der Waals surface area contributed by atoms with Crippen molar-refractivity contribution in [3.05, 3.63) is 107 Å². The number of carbonyl (C=O) groups excluding carboxylic acids is 1. The lowest BCUT2D eigenvalue weighted by Crippen LogP contribution is -2.47. The van der Waals surface area contributed by atoms with Crippen LogP contribution < -0.4 is 19.7 Å². The largest absolute Gasteiger partial charge is 0.501 e. The number of anilines is 2. The molecule has 17 nitrogen and oxygen atoms in total. The number of aliphatic hydroxyl groups is 1. The van der Waals surface area contributed by atoms with Gasteiger partial charge < -0.3 is 34.7 Å². The lowest BCUT2D eigenvalue weighted by molar-refractivity contribution is -0.0436. The predicted octanol–water partition coefficient (Wildman–Crippen LogP) is 8.80. The zero-order valence-corrected chi connectivity index (χ0v) is 44.5. The average Bonchev–Trinajstić information content (AvgIpc) is 3.82. The summed E-state index contributed by atoms with van der Waals surface area (Å²) in [4.78, 5) is 23.3. The normalized spacial score (nSPS) is 18.7. The van der Waals surface area contributed by atoms with E-state index in [9.17, 15) is 44.1 Å². The molecule has 2 fully saturated rings. The van der Waals surface area contributed by atoms with Crippen LogP contribution >= 0.6 is 11.6 Å². The van der Waals surface area contributed by atoms with Crippen molar-refractivity contribution in [1.29, 1.82) is 0 Å². The summed E-state index contributed by atoms with van der Waals surface area (Å²) in [6.07, 6.45) is 3.53. The molecule has 2 aromatic heterocycles. The van der Waals surface area contributed by atoms with E-state index in [1.165, 1.54) is 29.0 Å². The van der Waals surface area contributed by atoms with Crippen molar-refractivity contribution in [3.8, 4) is 11.5 Å². The zero-order valence-electron chi connectivity index (χ0n) is 41.3. The molecule has 5 aromatic rings. The number of benzene rings is 3. The topological polar surface area (TPSA) is 216 Å². The Morgan fingerprint density at radius 1 is 0.973 bits per heavy atom. The smallest absolute Gasteiger partial charge is 0.455 e. The van der Waals surface area contributed by atoms with Crippen molar-refractivity contribution < 1.29 is 53.6 Å². The number of ether oxygens (including phenoxy) is 2. The Hall–Kier alpha value is -5.27. The number of pyridine rings is 1. The number of halogens is 4. The molecule has 0 bridgehead atoms. The van der Waals surface area contributed by atoms with Gasteiger partial charge in [-0.05, 0) is 104 Å². The van der Waals surface area contributed by atoms with Crippen LogP contribution in [0.1, 0.15) is 63.8 Å². The molecule has 3 aliphatic rings. The quantitative estimate of drug-likeness (QED) is 0.0680. The molecular formula is C50H60ClF3N8O9S3. The van der Waals surface area contributed by atoms with E-state index in [-0.39, 0.29) is 40.4 Å². The number of aromatic nitrogens is 2. The maximum atomic E-state index is 14.2. The van der Waals surface area contributed by atoms with Crippen molar-refractivity contribution >= 4 is 75.3 Å². The van der Waals surface area contributed by atoms with Gasteiger partial charge in [0.25, 0.3) is 9.84 Å². The molecule has 3 aromatic carbocycles. The van der Waals surface area contributed by atoms with Crippen LogP contribution in [0.25, 0.3) is 16.6 Å². The van der Waals surface area contributed by atoms with E-state index in [2.05, 4.69) is 64.9 Å². The fourth-order valence-corrected chi connectivity index (χ4v) is 13.5. The van der Waals surface area contributed by atoms with Crippen molar-refractivity contribution in [1.82, 2.24) is 24.5 Å². The van der Waals surface area contributed by atoms with E-state index in [0.29, 0.717) is 49.5 Å². The third-order valence-corrected chi connectivity index (χ3v) is 19.0. The predicted molar refractivity (Wildman–Crippen MR) is 279 cm³/mol. The Morgan fingerprint density at radius 3 is 2.38 bits per heavy atom. The molecule has 0 spiro atoms. The number of hydrogen-bond donors (Lipinski definition) is 4. The van der Waals surface area contributed by atoms with Crippen molar-refractivity contribution in [3.63, 3.8) is 0 Å². The summed E-state index contributed by atoms with van der Waals surface area (Å²) in [5.74, 6) is 0.523. The Balaban J connectivity index is 0.996. The first-order valence-electron chi connectivity index (χ1n) is 24.1. The first-order chi connectivity index (χ1) is 34.9. The number of amides is 1. The van der Waals surface area contributed by atoms with Crippen LogP contribution in [-0.4, -0.2) is 135 Å². The van der Waals surface area contributed by atoms with Gasteiger partial charge in [0.05, 0.1) is 33.6 Å². The zero-order chi connectivity index (χ0) is 53.2. The molecule has 2 saturated heterocycles. The molecule has 74 heavy (non-hydrogen) atoms. The first-order valence-corrected chi connectivity index (χ1v) is 29.2. The lowest BCUT2D eigenvalue weighted by Gasteiger charge is -2.39. The standard InChI is InChI=1S/C50H60ClF3N8O9S3/c1-33(15-18-60-23-25-72(65,26-24-60)59-48(64)70-4)57-43-12-10-40(29-45(43)73(66,67)50(52,53)54)74(68,69)58-47(63)41-11-9-38(28-44(41)71-39-27-35-14-17-55-46(35)56-31-39)62-21-19-61(20-22-62)32-36-13-16-49(2,3)30-42(36)34-5-7-37(51)8-6-34/h5-12,14,17,27-29,31,33,47,57-58,63H,13,15-16,18-26,30,32H2,1-4H3,(H,55,56)/t33-,47?/m0/s1. The molecule has 2 aliphatic heterocycles. The molecule has 1 aliphatic carbocycles. The maximum Gasteiger partial charge on any atom is 0.501 e. The summed E-state index contributed by atoms with van der Waals surface area (Å²) in [5, 5.41) is 15.8. The number of alkyl halides is 3. The second kappa shape index (κ2) is 22.1. The van der Waals surface area contributed by atoms with Gasteiger partial charge in [0.2, 0.25) is 10.0 Å². The van der Waals surface area contributed by atoms with Gasteiger partial charge in [-0.2, -0.15) is 17.9 Å². The van der Waals surface area contributed by atoms with Crippen LogP contribution in [0.4, 0.5) is 29.3 Å². The summed E-state index contributed by atoms with van der Waals surface area (Å²) in [6.45, 7) is 10.8. The van der Waals surface area contributed by atoms with E-state index < -0.39 is 68.9 Å². The third kappa shape index (κ3) is 13.0. The fraction of sp³-hybridized carbons (Fsp3) is 0.440. The van der Waals surface area contributed by atoms with Gasteiger partial charge in [-0.3, -0.25) is 4.90 Å². The average molecular weight is 1110 g/mol. The van der Waals surface area contributed by atoms with Gasteiger partial charge in [-0.1, -0.05) is 43.2 Å². The van der Waals surface area contributed by atoms with E-state index in [1.54, 1.807) is 37.4 Å². The van der Waals surface area contributed by atoms with E-state index in [1.807, 2.05) is 17.0 Å². The number of H-pyrrole nitrogens is 1. The molecule has 1 unspecified atom stereocenters. The van der Waals surface area contributed by atoms with Crippen molar-refractivity contribution in [2.45, 2.75) is 74.0 Å². The highest BCUT2D eigenvalue weighted by molar-refractivity contribution is 7.94. The Bertz CT molecular complexity index is 3250. The second-order valence-corrected chi connectivity index (χ2v) is 26.3. The van der Waals surface area contributed by atoms with Gasteiger partial charge in [-0.15, -0.1) is 4.36 Å². The number of fused-ring (bicyclic) bond motifs is 1. The summed E-state index contributed by atoms with van der Waals surface area (Å²) in [7, 11) is -12.7. The summed E-state index contributed by atoms with van der Waals surface area (Å²) < 4.78 is 126. The molecular weight excluding hydrogens is 1050 g/mol. The molecule has 1 amide bonds. The second-order valence-electron chi connectivity index (χ2n) is 19.7. The highest BCUT2D eigenvalue weighted by atomic mass is 35.5. The number of nitrogens with one attached hydrogen (secondary N) is 3. The number of sulfone groups is 1. The van der Waals surface area contributed by atoms with Crippen molar-refractivity contribution in [2.24, 2.45) is 9.78 Å². The van der Waals surface area contributed by atoms with E-state index in [0.717, 1.165) is 69.2 Å². The van der Waals surface area contributed by atoms with Gasteiger partial charge in [0, 0.05) is 104 Å². The number of carbonyl (C=O) groups is 1. The number of nitrogens with zero attached hydrogens (tertiary/aromatic N) is 5. The molecule has 2 atom stereocenters. The van der Waals surface area contributed by atoms with Crippen LogP contribution in [0.3, 0.4) is 0 Å². The Labute approximate surface area is 434 Å². The number of aromatic amines is 1. The van der Waals surface area contributed by atoms with Crippen LogP contribution in [0.5, 0.6) is 11.5 Å². The highest BCUT2D eigenvalue weighted by Crippen LogP contribution is 2.44. The summed E-state index contributed by atoms with van der Waals surface area (Å²) >= 11 is 6.24. The Kier molecular flexibility index (Phi) is 16.4. The number of aliphatic hydroxyl groups excluding tert-OH is 1. The minimum atomic E-state index is -6.13. The fourth-order valence-electron chi connectivity index (χ4n) is 9.41. The monoisotopic (exact) mass is 1100 g/mol. The van der Waals surface area contributed by atoms with Crippen molar-refractivity contribution in [2.75, 3.05) is 81.2 Å². The molecule has 400 valence electrons. The number of allylic oxidation sites excluding steroid dienone is 1. The molecule has 0 saturated carbocycles. The lowest BCUT2D eigenvalue weighted by atomic mass is 9.72. The van der Waals surface area contributed by atoms with Gasteiger partial charge in [0.15, 0.2) is 0 Å². The minimum Gasteiger partial charge on any atom is -0.455 e. The molecule has 8 rings (SSSR count). The maximum absolute atomic E-state index is 14.2. The van der Waals surface area contributed by atoms with Crippen LogP contribution in [0, 0.1) is 5.41 Å². The molecule has 4 N–H and O–H groups in total. The minimum absolute atomic E-state index is 0.0452. The SMILES string of the molecule is COC(=O)N=S1(=O)CCN(CC[C@H](C)Nc2ccc(S(=O)(=O)NC(O)c3ccc(N4CCN(CC5=C(c6ccc(Cl)cc6)CC(C)(C)CC5)CC4)cc3Oc3cnc4[nH]ccc4c3)cc2S(=O)(=O)C(F)(F)F)CC1. The van der Waals surface area contributed by atoms with Crippen LogP contribution in [0.15, 0.2) is 105 Å². The van der Waals surface area contributed by atoms with Gasteiger partial charge >= 0.3 is 11.6 Å². The third-order valence-electron chi connectivity index (χ3n) is 13.7. The van der Waals surface area contributed by atoms with Crippen LogP contribution in [0.2, 0.25) is 5.02 Å². The highest BCUT2D eigenvalue weighted by Gasteiger charge is 2.48. The first kappa shape index (κ1) is 55.0.